The van der Waals surface area contributed by atoms with E-state index in [1.807, 2.05) is 57.2 Å². The first-order valence-electron chi connectivity index (χ1n) is 9.65. The summed E-state index contributed by atoms with van der Waals surface area (Å²) in [5, 5.41) is 13.2. The van der Waals surface area contributed by atoms with Crippen LogP contribution in [0.3, 0.4) is 0 Å². The second-order valence-corrected chi connectivity index (χ2v) is 8.51. The summed E-state index contributed by atoms with van der Waals surface area (Å²) in [7, 11) is 0. The summed E-state index contributed by atoms with van der Waals surface area (Å²) in [4.78, 5) is 14.3. The predicted molar refractivity (Wildman–Crippen MR) is 110 cm³/mol. The SMILES string of the molecule is CC(C)(C)OC(=O)N1CC(N)C(O)C(n2c3ccccc3c3ccccc32)C1. The van der Waals surface area contributed by atoms with Crippen molar-refractivity contribution in [2.45, 2.75) is 44.6 Å². The van der Waals surface area contributed by atoms with E-state index in [4.69, 9.17) is 10.5 Å². The fourth-order valence-corrected chi connectivity index (χ4v) is 4.08. The third-order valence-electron chi connectivity index (χ3n) is 5.27. The first kappa shape index (κ1) is 18.8. The number of ether oxygens (including phenoxy) is 1. The quantitative estimate of drug-likeness (QED) is 0.678. The van der Waals surface area contributed by atoms with E-state index < -0.39 is 23.8 Å². The maximum atomic E-state index is 12.7. The van der Waals surface area contributed by atoms with Gasteiger partial charge in [-0.2, -0.15) is 0 Å². The van der Waals surface area contributed by atoms with Crippen LogP contribution in [0.4, 0.5) is 4.79 Å². The molecule has 1 aliphatic rings. The summed E-state index contributed by atoms with van der Waals surface area (Å²) in [6.07, 6.45) is -1.17. The summed E-state index contributed by atoms with van der Waals surface area (Å²) in [6.45, 7) is 6.13. The highest BCUT2D eigenvalue weighted by atomic mass is 16.6. The number of aromatic nitrogens is 1. The van der Waals surface area contributed by atoms with Crippen molar-refractivity contribution in [2.24, 2.45) is 5.73 Å². The molecule has 3 N–H and O–H groups in total. The molecule has 0 radical (unpaired) electrons. The number of nitrogens with zero attached hydrogens (tertiary/aromatic N) is 2. The molecule has 1 saturated heterocycles. The molecule has 3 unspecified atom stereocenters. The molecule has 0 spiro atoms. The van der Waals surface area contributed by atoms with Gasteiger partial charge in [-0.25, -0.2) is 4.79 Å². The minimum Gasteiger partial charge on any atom is -0.444 e. The van der Waals surface area contributed by atoms with Gasteiger partial charge in [0.25, 0.3) is 0 Å². The highest BCUT2D eigenvalue weighted by Crippen LogP contribution is 2.35. The first-order chi connectivity index (χ1) is 13.3. The number of fused-ring (bicyclic) bond motifs is 3. The Bertz CT molecular complexity index is 967. The molecule has 4 rings (SSSR count). The van der Waals surface area contributed by atoms with Crippen molar-refractivity contribution >= 4 is 27.9 Å². The third-order valence-corrected chi connectivity index (χ3v) is 5.27. The smallest absolute Gasteiger partial charge is 0.410 e. The Balaban J connectivity index is 1.79. The van der Waals surface area contributed by atoms with Crippen molar-refractivity contribution in [3.63, 3.8) is 0 Å². The summed E-state index contributed by atoms with van der Waals surface area (Å²) < 4.78 is 7.66. The highest BCUT2D eigenvalue weighted by molar-refractivity contribution is 6.08. The minimum atomic E-state index is -0.766. The molecule has 2 aromatic carbocycles. The monoisotopic (exact) mass is 381 g/mol. The molecule has 1 aliphatic heterocycles. The number of likely N-dealkylation sites (tertiary alicyclic amines) is 1. The van der Waals surface area contributed by atoms with Gasteiger partial charge in [0.1, 0.15) is 5.60 Å². The first-order valence-corrected chi connectivity index (χ1v) is 9.65. The van der Waals surface area contributed by atoms with Gasteiger partial charge in [0.15, 0.2) is 0 Å². The normalized spacial score (nSPS) is 23.3. The second kappa shape index (κ2) is 6.79. The number of carbonyl (C=O) groups excluding carboxylic acids is 1. The Morgan fingerprint density at radius 1 is 1.04 bits per heavy atom. The number of amides is 1. The van der Waals surface area contributed by atoms with Gasteiger partial charge in [0.2, 0.25) is 0 Å². The van der Waals surface area contributed by atoms with Crippen LogP contribution in [0, 0.1) is 0 Å². The number of nitrogens with two attached hydrogens (primary N) is 1. The zero-order chi connectivity index (χ0) is 20.1. The van der Waals surface area contributed by atoms with Crippen LogP contribution in [-0.4, -0.2) is 51.5 Å². The molecule has 0 saturated carbocycles. The largest absolute Gasteiger partial charge is 0.444 e. The number of benzene rings is 2. The summed E-state index contributed by atoms with van der Waals surface area (Å²) in [6, 6.07) is 15.3. The molecule has 1 aromatic heterocycles. The van der Waals surface area contributed by atoms with Crippen molar-refractivity contribution in [2.75, 3.05) is 13.1 Å². The Morgan fingerprint density at radius 2 is 1.57 bits per heavy atom. The Kier molecular flexibility index (Phi) is 4.56. The summed E-state index contributed by atoms with van der Waals surface area (Å²) in [5.74, 6) is 0. The van der Waals surface area contributed by atoms with Gasteiger partial charge in [0, 0.05) is 34.9 Å². The molecule has 3 aromatic rings. The van der Waals surface area contributed by atoms with Gasteiger partial charge in [-0.1, -0.05) is 36.4 Å². The van der Waals surface area contributed by atoms with Crippen molar-refractivity contribution in [1.82, 2.24) is 9.47 Å². The number of aliphatic hydroxyl groups excluding tert-OH is 1. The number of carbonyl (C=O) groups is 1. The van der Waals surface area contributed by atoms with Gasteiger partial charge in [0.05, 0.1) is 18.2 Å². The molecule has 6 heteroatoms. The fraction of sp³-hybridized carbons (Fsp3) is 0.409. The Hall–Kier alpha value is -2.57. The number of aliphatic hydroxyl groups is 1. The van der Waals surface area contributed by atoms with Gasteiger partial charge >= 0.3 is 6.09 Å². The molecule has 0 aliphatic carbocycles. The minimum absolute atomic E-state index is 0.268. The van der Waals surface area contributed by atoms with Gasteiger partial charge in [-0.05, 0) is 32.9 Å². The summed E-state index contributed by atoms with van der Waals surface area (Å²) >= 11 is 0. The predicted octanol–water partition coefficient (Wildman–Crippen LogP) is 3.27. The zero-order valence-electron chi connectivity index (χ0n) is 16.5. The highest BCUT2D eigenvalue weighted by Gasteiger charge is 2.39. The van der Waals surface area contributed by atoms with Crippen LogP contribution >= 0.6 is 0 Å². The molecule has 1 amide bonds. The molecular weight excluding hydrogens is 354 g/mol. The Morgan fingerprint density at radius 3 is 2.11 bits per heavy atom. The van der Waals surface area contributed by atoms with Crippen LogP contribution in [0.2, 0.25) is 0 Å². The van der Waals surface area contributed by atoms with Gasteiger partial charge < -0.3 is 25.0 Å². The molecule has 2 heterocycles. The topological polar surface area (TPSA) is 80.7 Å². The molecular formula is C22H27N3O3. The second-order valence-electron chi connectivity index (χ2n) is 8.51. The van der Waals surface area contributed by atoms with Crippen LogP contribution < -0.4 is 5.73 Å². The molecule has 6 nitrogen and oxygen atoms in total. The zero-order valence-corrected chi connectivity index (χ0v) is 16.5. The standard InChI is InChI=1S/C22H27N3O3/c1-22(2,3)28-21(27)24-12-16(23)20(26)19(13-24)25-17-10-6-4-8-14(17)15-9-5-7-11-18(15)25/h4-11,16,19-20,26H,12-13,23H2,1-3H3. The van der Waals surface area contributed by atoms with Crippen molar-refractivity contribution in [3.05, 3.63) is 48.5 Å². The maximum Gasteiger partial charge on any atom is 0.410 e. The van der Waals surface area contributed by atoms with Crippen LogP contribution in [0.5, 0.6) is 0 Å². The Labute approximate surface area is 164 Å². The average Bonchev–Trinajstić information content (AvgIpc) is 2.97. The lowest BCUT2D eigenvalue weighted by molar-refractivity contribution is -0.0120. The lowest BCUT2D eigenvalue weighted by atomic mass is 9.97. The fourth-order valence-electron chi connectivity index (χ4n) is 4.08. The van der Waals surface area contributed by atoms with E-state index in [1.54, 1.807) is 4.90 Å². The van der Waals surface area contributed by atoms with Crippen molar-refractivity contribution < 1.29 is 14.6 Å². The van der Waals surface area contributed by atoms with E-state index in [0.29, 0.717) is 6.54 Å². The van der Waals surface area contributed by atoms with Crippen molar-refractivity contribution in [3.8, 4) is 0 Å². The molecule has 28 heavy (non-hydrogen) atoms. The van der Waals surface area contributed by atoms with Crippen LogP contribution in [-0.2, 0) is 4.74 Å². The van der Waals surface area contributed by atoms with E-state index in [-0.39, 0.29) is 12.6 Å². The van der Waals surface area contributed by atoms with Crippen LogP contribution in [0.1, 0.15) is 26.8 Å². The number of piperidine rings is 1. The number of hydrogen-bond donors (Lipinski definition) is 2. The van der Waals surface area contributed by atoms with E-state index in [1.165, 1.54) is 0 Å². The van der Waals surface area contributed by atoms with E-state index in [0.717, 1.165) is 21.8 Å². The molecule has 148 valence electrons. The van der Waals surface area contributed by atoms with Crippen molar-refractivity contribution in [1.29, 1.82) is 0 Å². The van der Waals surface area contributed by atoms with Gasteiger partial charge in [-0.15, -0.1) is 0 Å². The van der Waals surface area contributed by atoms with E-state index in [9.17, 15) is 9.90 Å². The van der Waals surface area contributed by atoms with E-state index >= 15 is 0 Å². The lowest BCUT2D eigenvalue weighted by Crippen LogP contribution is -2.58. The summed E-state index contributed by atoms with van der Waals surface area (Å²) in [5.41, 5.74) is 7.70. The molecule has 0 bridgehead atoms. The van der Waals surface area contributed by atoms with Gasteiger partial charge in [-0.3, -0.25) is 0 Å². The molecule has 3 atom stereocenters. The number of hydrogen-bond acceptors (Lipinski definition) is 4. The molecule has 1 fully saturated rings. The maximum absolute atomic E-state index is 12.7. The van der Waals surface area contributed by atoms with Crippen LogP contribution in [0.15, 0.2) is 48.5 Å². The van der Waals surface area contributed by atoms with Crippen LogP contribution in [0.25, 0.3) is 21.8 Å². The number of rotatable bonds is 1. The third kappa shape index (κ3) is 3.23. The average molecular weight is 381 g/mol. The number of para-hydroxylation sites is 2. The lowest BCUT2D eigenvalue weighted by Gasteiger charge is -2.41. The van der Waals surface area contributed by atoms with E-state index in [2.05, 4.69) is 16.7 Å².